The molecule has 4 rings (SSSR count). The van der Waals surface area contributed by atoms with Crippen molar-refractivity contribution in [2.24, 2.45) is 0 Å². The molecule has 0 aromatic heterocycles. The van der Waals surface area contributed by atoms with Crippen LogP contribution in [-0.4, -0.2) is 83.8 Å². The third-order valence-electron chi connectivity index (χ3n) is 7.22. The molecule has 0 bridgehead atoms. The molecule has 0 spiro atoms. The molecule has 2 fully saturated rings. The Balaban J connectivity index is 1.39. The highest BCUT2D eigenvalue weighted by atomic mass is 32.2. The largest absolute Gasteiger partial charge is 0.465 e. The number of hydrogen-bond donors (Lipinski definition) is 1. The first-order chi connectivity index (χ1) is 19.3. The summed E-state index contributed by atoms with van der Waals surface area (Å²) in [7, 11) is -4.05. The van der Waals surface area contributed by atoms with Gasteiger partial charge in [0.2, 0.25) is 10.0 Å². The first kappa shape index (κ1) is 30.0. The summed E-state index contributed by atoms with van der Waals surface area (Å²) in [6.45, 7) is 8.25. The monoisotopic (exact) mass is 573 g/mol. The molecule has 2 heterocycles. The quantitative estimate of drug-likeness (QED) is 0.302. The highest BCUT2D eigenvalue weighted by Gasteiger charge is 2.30. The molecule has 1 N–H and O–H groups in total. The Morgan fingerprint density at radius 1 is 0.925 bits per heavy atom. The van der Waals surface area contributed by atoms with Gasteiger partial charge in [0, 0.05) is 38.4 Å². The Morgan fingerprint density at radius 3 is 2.17 bits per heavy atom. The zero-order chi connectivity index (χ0) is 28.5. The molecule has 2 atom stereocenters. The van der Waals surface area contributed by atoms with Gasteiger partial charge in [0.25, 0.3) is 0 Å². The normalized spacial score (nSPS) is 17.8. The Bertz CT molecular complexity index is 1220. The van der Waals surface area contributed by atoms with Crippen LogP contribution < -0.4 is 14.4 Å². The van der Waals surface area contributed by atoms with Crippen LogP contribution in [0.4, 0.5) is 5.69 Å². The van der Waals surface area contributed by atoms with Gasteiger partial charge in [-0.25, -0.2) is 8.42 Å². The van der Waals surface area contributed by atoms with E-state index in [0.717, 1.165) is 24.3 Å². The van der Waals surface area contributed by atoms with Crippen LogP contribution >= 0.6 is 0 Å². The summed E-state index contributed by atoms with van der Waals surface area (Å²) in [6, 6.07) is 12.6. The molecular weight excluding hydrogens is 534 g/mol. The number of hydrogen-bond acceptors (Lipinski definition) is 9. The molecule has 2 aliphatic rings. The van der Waals surface area contributed by atoms with Crippen molar-refractivity contribution in [3.05, 3.63) is 54.1 Å². The van der Waals surface area contributed by atoms with Crippen LogP contribution in [0.25, 0.3) is 0 Å². The number of benzene rings is 2. The fourth-order valence-corrected chi connectivity index (χ4v) is 6.18. The Hall–Kier alpha value is -2.99. The maximum atomic E-state index is 13.1. The van der Waals surface area contributed by atoms with E-state index in [-0.39, 0.29) is 23.8 Å². The number of esters is 2. The predicted molar refractivity (Wildman–Crippen MR) is 151 cm³/mol. The average molecular weight is 574 g/mol. The number of morpholine rings is 1. The lowest BCUT2D eigenvalue weighted by atomic mass is 9.96. The maximum absolute atomic E-state index is 13.1. The van der Waals surface area contributed by atoms with Crippen molar-refractivity contribution in [1.82, 2.24) is 9.62 Å². The van der Waals surface area contributed by atoms with E-state index in [9.17, 15) is 18.0 Å². The van der Waals surface area contributed by atoms with Crippen LogP contribution in [0, 0.1) is 0 Å². The molecule has 2 aromatic rings. The fourth-order valence-electron chi connectivity index (χ4n) is 5.01. The van der Waals surface area contributed by atoms with E-state index in [1.165, 1.54) is 37.1 Å². The summed E-state index contributed by atoms with van der Waals surface area (Å²) in [5.41, 5.74) is 2.04. The summed E-state index contributed by atoms with van der Waals surface area (Å²) in [4.78, 5) is 29.8. The van der Waals surface area contributed by atoms with Crippen molar-refractivity contribution in [2.45, 2.75) is 50.0 Å². The topological polar surface area (TPSA) is 114 Å². The van der Waals surface area contributed by atoms with E-state index < -0.39 is 33.9 Å². The molecule has 40 heavy (non-hydrogen) atoms. The molecular formula is C29H39N3O7S. The molecule has 11 heteroatoms. The summed E-state index contributed by atoms with van der Waals surface area (Å²) in [5.74, 6) is -1.24. The number of carbonyl (C=O) groups is 2. The molecule has 0 amide bonds. The standard InChI is InChI=1S/C29H39N3O7S/c1-3-26(22-7-9-23(10-8-22)32-15-5-6-16-32)28(33)39-24-11-13-25(14-12-24)40(35,36)30-27(29(34)38-4-2)21-31-17-19-37-20-18-31/h7-14,26-27,30H,3-6,15-21H2,1-2H3. The van der Waals surface area contributed by atoms with Crippen LogP contribution in [0.5, 0.6) is 5.75 Å². The minimum atomic E-state index is -4.05. The second-order valence-electron chi connectivity index (χ2n) is 9.98. The van der Waals surface area contributed by atoms with Gasteiger partial charge in [0.05, 0.1) is 30.6 Å². The van der Waals surface area contributed by atoms with Crippen LogP contribution in [0.2, 0.25) is 0 Å². The Labute approximate surface area is 236 Å². The minimum Gasteiger partial charge on any atom is -0.465 e. The van der Waals surface area contributed by atoms with Crippen molar-refractivity contribution in [1.29, 1.82) is 0 Å². The van der Waals surface area contributed by atoms with Gasteiger partial charge in [0.1, 0.15) is 11.8 Å². The zero-order valence-corrected chi connectivity index (χ0v) is 24.0. The van der Waals surface area contributed by atoms with Crippen molar-refractivity contribution in [3.8, 4) is 5.75 Å². The first-order valence-electron chi connectivity index (χ1n) is 14.0. The highest BCUT2D eigenvalue weighted by Crippen LogP contribution is 2.27. The van der Waals surface area contributed by atoms with E-state index >= 15 is 0 Å². The lowest BCUT2D eigenvalue weighted by Gasteiger charge is -2.29. The van der Waals surface area contributed by atoms with Gasteiger partial charge in [-0.05, 0) is 68.1 Å². The number of nitrogens with one attached hydrogen (secondary N) is 1. The summed E-state index contributed by atoms with van der Waals surface area (Å²) >= 11 is 0. The highest BCUT2D eigenvalue weighted by molar-refractivity contribution is 7.89. The van der Waals surface area contributed by atoms with E-state index in [1.807, 2.05) is 36.1 Å². The molecule has 10 nitrogen and oxygen atoms in total. The summed E-state index contributed by atoms with van der Waals surface area (Å²) in [6.07, 6.45) is 2.96. The van der Waals surface area contributed by atoms with E-state index in [1.54, 1.807) is 6.92 Å². The van der Waals surface area contributed by atoms with Gasteiger partial charge >= 0.3 is 11.9 Å². The molecule has 2 aliphatic heterocycles. The molecule has 218 valence electrons. The summed E-state index contributed by atoms with van der Waals surface area (Å²) in [5, 5.41) is 0. The maximum Gasteiger partial charge on any atom is 0.325 e. The van der Waals surface area contributed by atoms with Crippen molar-refractivity contribution in [3.63, 3.8) is 0 Å². The number of ether oxygens (including phenoxy) is 3. The lowest BCUT2D eigenvalue weighted by molar-refractivity contribution is -0.146. The van der Waals surface area contributed by atoms with Gasteiger partial charge in [0.15, 0.2) is 0 Å². The number of anilines is 1. The van der Waals surface area contributed by atoms with E-state index in [4.69, 9.17) is 14.2 Å². The molecule has 2 aromatic carbocycles. The van der Waals surface area contributed by atoms with Crippen LogP contribution in [0.15, 0.2) is 53.4 Å². The number of carbonyl (C=O) groups excluding carboxylic acids is 2. The van der Waals surface area contributed by atoms with E-state index in [0.29, 0.717) is 32.7 Å². The van der Waals surface area contributed by atoms with Gasteiger partial charge in [-0.2, -0.15) is 4.72 Å². The van der Waals surface area contributed by atoms with Gasteiger partial charge < -0.3 is 19.1 Å². The van der Waals surface area contributed by atoms with Crippen LogP contribution in [0.3, 0.4) is 0 Å². The van der Waals surface area contributed by atoms with Crippen LogP contribution in [0.1, 0.15) is 44.6 Å². The Kier molecular flexibility index (Phi) is 10.5. The predicted octanol–water partition coefficient (Wildman–Crippen LogP) is 2.93. The third-order valence-corrected chi connectivity index (χ3v) is 8.71. The second-order valence-corrected chi connectivity index (χ2v) is 11.7. The number of nitrogens with zero attached hydrogens (tertiary/aromatic N) is 2. The van der Waals surface area contributed by atoms with Crippen molar-refractivity contribution < 1.29 is 32.2 Å². The fraction of sp³-hybridized carbons (Fsp3) is 0.517. The van der Waals surface area contributed by atoms with Crippen molar-refractivity contribution >= 4 is 27.6 Å². The molecule has 2 saturated heterocycles. The minimum absolute atomic E-state index is 0.0480. The lowest BCUT2D eigenvalue weighted by Crippen LogP contribution is -2.51. The van der Waals surface area contributed by atoms with E-state index in [2.05, 4.69) is 9.62 Å². The third kappa shape index (κ3) is 7.81. The molecule has 2 unspecified atom stereocenters. The average Bonchev–Trinajstić information content (AvgIpc) is 3.50. The molecule has 0 radical (unpaired) electrons. The Morgan fingerprint density at radius 2 is 1.57 bits per heavy atom. The zero-order valence-electron chi connectivity index (χ0n) is 23.2. The van der Waals surface area contributed by atoms with Gasteiger partial charge in [-0.3, -0.25) is 14.5 Å². The molecule has 0 saturated carbocycles. The summed E-state index contributed by atoms with van der Waals surface area (Å²) < 4.78 is 44.8. The van der Waals surface area contributed by atoms with Gasteiger partial charge in [-0.1, -0.05) is 19.1 Å². The first-order valence-corrected chi connectivity index (χ1v) is 15.4. The SMILES string of the molecule is CCOC(=O)C(CN1CCOCC1)NS(=O)(=O)c1ccc(OC(=O)C(CC)c2ccc(N3CCCC3)cc2)cc1. The number of rotatable bonds is 12. The number of sulfonamides is 1. The molecule has 0 aliphatic carbocycles. The van der Waals surface area contributed by atoms with Crippen LogP contribution in [-0.2, 0) is 29.1 Å². The second kappa shape index (κ2) is 14.1. The smallest absolute Gasteiger partial charge is 0.325 e. The van der Waals surface area contributed by atoms with Crippen molar-refractivity contribution in [2.75, 3.05) is 57.4 Å². The van der Waals surface area contributed by atoms with Gasteiger partial charge in [-0.15, -0.1) is 0 Å².